The first kappa shape index (κ1) is 27.0. The fourth-order valence-electron chi connectivity index (χ4n) is 3.31. The van der Waals surface area contributed by atoms with Crippen molar-refractivity contribution in [3.05, 3.63) is 104 Å². The molecule has 0 spiro atoms. The van der Waals surface area contributed by atoms with Crippen molar-refractivity contribution in [1.29, 1.82) is 0 Å². The van der Waals surface area contributed by atoms with Crippen LogP contribution in [0.1, 0.15) is 16.3 Å². The van der Waals surface area contributed by atoms with Crippen LogP contribution in [-0.2, 0) is 16.4 Å². The number of furan rings is 1. The second-order valence-corrected chi connectivity index (χ2v) is 10.5. The number of nitro groups is 1. The molecular formula is C25H18Cl2N2O8S. The molecule has 0 saturated heterocycles. The van der Waals surface area contributed by atoms with Crippen LogP contribution in [0.25, 0.3) is 0 Å². The number of non-ortho nitro benzene ring substituents is 1. The lowest BCUT2D eigenvalue weighted by molar-refractivity contribution is -0.384. The number of hydrogen-bond acceptors (Lipinski definition) is 8. The standard InChI is InChI=1S/C25H18Cl2N2O8S/c1-35-19-10-16(11-21(13-19)38(33,34)20-6-2-15(26)3-7-20)28-25(30)24-9-5-18(37-24)14-36-23-8-4-17(29(31)32)12-22(23)27/h2-13H,14H2,1H3,(H,28,30). The highest BCUT2D eigenvalue weighted by Crippen LogP contribution is 2.31. The zero-order chi connectivity index (χ0) is 27.4. The van der Waals surface area contributed by atoms with E-state index in [1.54, 1.807) is 0 Å². The van der Waals surface area contributed by atoms with Gasteiger partial charge in [-0.15, -0.1) is 0 Å². The molecule has 0 atom stereocenters. The summed E-state index contributed by atoms with van der Waals surface area (Å²) in [5, 5.41) is 13.9. The van der Waals surface area contributed by atoms with Crippen molar-refractivity contribution in [3.63, 3.8) is 0 Å². The summed E-state index contributed by atoms with van der Waals surface area (Å²) in [6.45, 7) is -0.104. The molecule has 0 bridgehead atoms. The van der Waals surface area contributed by atoms with Crippen LogP contribution in [0, 0.1) is 10.1 Å². The van der Waals surface area contributed by atoms with Crippen LogP contribution in [0.3, 0.4) is 0 Å². The fourth-order valence-corrected chi connectivity index (χ4v) is 4.98. The van der Waals surface area contributed by atoms with E-state index in [2.05, 4.69) is 5.32 Å². The molecule has 0 radical (unpaired) electrons. The zero-order valence-electron chi connectivity index (χ0n) is 19.5. The number of halogens is 2. The quantitative estimate of drug-likeness (QED) is 0.184. The molecule has 4 rings (SSSR count). The van der Waals surface area contributed by atoms with Gasteiger partial charge in [-0.1, -0.05) is 23.2 Å². The van der Waals surface area contributed by atoms with Gasteiger partial charge in [0, 0.05) is 28.9 Å². The monoisotopic (exact) mass is 576 g/mol. The molecule has 0 aliphatic heterocycles. The van der Waals surface area contributed by atoms with Crippen LogP contribution in [0.2, 0.25) is 10.0 Å². The van der Waals surface area contributed by atoms with Crippen LogP contribution >= 0.6 is 23.2 Å². The van der Waals surface area contributed by atoms with Gasteiger partial charge in [0.25, 0.3) is 11.6 Å². The minimum Gasteiger partial charge on any atom is -0.497 e. The number of rotatable bonds is 9. The predicted octanol–water partition coefficient (Wildman–Crippen LogP) is 6.17. The Morgan fingerprint density at radius 1 is 1.00 bits per heavy atom. The summed E-state index contributed by atoms with van der Waals surface area (Å²) in [7, 11) is -2.56. The summed E-state index contributed by atoms with van der Waals surface area (Å²) in [6, 6.07) is 16.5. The van der Waals surface area contributed by atoms with Gasteiger partial charge in [-0.25, -0.2) is 8.42 Å². The van der Waals surface area contributed by atoms with Gasteiger partial charge in [-0.05, 0) is 54.6 Å². The molecule has 1 heterocycles. The van der Waals surface area contributed by atoms with Crippen molar-refractivity contribution in [2.75, 3.05) is 12.4 Å². The summed E-state index contributed by atoms with van der Waals surface area (Å²) in [6.07, 6.45) is 0. The molecule has 1 amide bonds. The summed E-state index contributed by atoms with van der Waals surface area (Å²) < 4.78 is 42.5. The minimum absolute atomic E-state index is 0.0243. The highest BCUT2D eigenvalue weighted by molar-refractivity contribution is 7.91. The molecule has 1 N–H and O–H groups in total. The van der Waals surface area contributed by atoms with Gasteiger partial charge in [0.15, 0.2) is 5.76 Å². The fraction of sp³-hybridized carbons (Fsp3) is 0.0800. The molecule has 1 aromatic heterocycles. The molecule has 4 aromatic rings. The number of carbonyl (C=O) groups is 1. The van der Waals surface area contributed by atoms with E-state index in [1.807, 2.05) is 0 Å². The molecule has 3 aromatic carbocycles. The van der Waals surface area contributed by atoms with Gasteiger partial charge < -0.3 is 19.2 Å². The first-order chi connectivity index (χ1) is 18.1. The zero-order valence-corrected chi connectivity index (χ0v) is 21.8. The molecule has 13 heteroatoms. The van der Waals surface area contributed by atoms with E-state index in [-0.39, 0.29) is 55.8 Å². The third kappa shape index (κ3) is 6.08. The number of carbonyl (C=O) groups excluding carboxylic acids is 1. The van der Waals surface area contributed by atoms with E-state index in [0.717, 1.165) is 6.07 Å². The maximum Gasteiger partial charge on any atom is 0.291 e. The summed E-state index contributed by atoms with van der Waals surface area (Å²) in [5.41, 5.74) is -0.0188. The Morgan fingerprint density at radius 2 is 1.74 bits per heavy atom. The average molecular weight is 577 g/mol. The molecule has 38 heavy (non-hydrogen) atoms. The number of sulfone groups is 1. The van der Waals surface area contributed by atoms with Crippen LogP contribution in [0.4, 0.5) is 11.4 Å². The van der Waals surface area contributed by atoms with Gasteiger partial charge in [0.1, 0.15) is 23.9 Å². The van der Waals surface area contributed by atoms with E-state index in [1.165, 1.54) is 73.8 Å². The van der Waals surface area contributed by atoms with Crippen LogP contribution < -0.4 is 14.8 Å². The SMILES string of the molecule is COc1cc(NC(=O)c2ccc(COc3ccc([N+](=O)[O-])cc3Cl)o2)cc(S(=O)(=O)c2ccc(Cl)cc2)c1. The number of ether oxygens (including phenoxy) is 2. The molecule has 0 aliphatic rings. The third-order valence-electron chi connectivity index (χ3n) is 5.19. The number of benzene rings is 3. The average Bonchev–Trinajstić information content (AvgIpc) is 3.37. The molecule has 0 unspecified atom stereocenters. The lowest BCUT2D eigenvalue weighted by atomic mass is 10.3. The highest BCUT2D eigenvalue weighted by atomic mass is 35.5. The number of nitrogens with zero attached hydrogens (tertiary/aromatic N) is 1. The lowest BCUT2D eigenvalue weighted by Gasteiger charge is -2.11. The Hall–Kier alpha value is -4.06. The summed E-state index contributed by atoms with van der Waals surface area (Å²) >= 11 is 11.9. The Morgan fingerprint density at radius 3 is 2.39 bits per heavy atom. The van der Waals surface area contributed by atoms with Gasteiger partial charge in [0.2, 0.25) is 9.84 Å². The number of amides is 1. The maximum absolute atomic E-state index is 13.1. The molecule has 0 fully saturated rings. The number of nitro benzene ring substituents is 1. The molecule has 10 nitrogen and oxygen atoms in total. The van der Waals surface area contributed by atoms with E-state index in [9.17, 15) is 23.3 Å². The van der Waals surface area contributed by atoms with Crippen LogP contribution in [0.5, 0.6) is 11.5 Å². The van der Waals surface area contributed by atoms with Crippen LogP contribution in [0.15, 0.2) is 87.0 Å². The third-order valence-corrected chi connectivity index (χ3v) is 7.49. The van der Waals surface area contributed by atoms with Crippen molar-refractivity contribution >= 4 is 50.3 Å². The number of anilines is 1. The van der Waals surface area contributed by atoms with Gasteiger partial charge in [0.05, 0.1) is 26.8 Å². The molecule has 196 valence electrons. The first-order valence-electron chi connectivity index (χ1n) is 10.7. The Kier molecular flexibility index (Phi) is 7.91. The molecule has 0 saturated carbocycles. The topological polar surface area (TPSA) is 138 Å². The number of nitrogens with one attached hydrogen (secondary N) is 1. The van der Waals surface area contributed by atoms with Gasteiger partial charge in [-0.3, -0.25) is 14.9 Å². The van der Waals surface area contributed by atoms with E-state index < -0.39 is 20.7 Å². The van der Waals surface area contributed by atoms with E-state index >= 15 is 0 Å². The van der Waals surface area contributed by atoms with E-state index in [4.69, 9.17) is 37.1 Å². The Bertz CT molecular complexity index is 1620. The Balaban J connectivity index is 1.49. The number of hydrogen-bond donors (Lipinski definition) is 1. The smallest absolute Gasteiger partial charge is 0.291 e. The van der Waals surface area contributed by atoms with Gasteiger partial charge in [-0.2, -0.15) is 0 Å². The maximum atomic E-state index is 13.1. The highest BCUT2D eigenvalue weighted by Gasteiger charge is 2.21. The second kappa shape index (κ2) is 11.1. The van der Waals surface area contributed by atoms with Crippen molar-refractivity contribution < 1.29 is 32.0 Å². The number of methoxy groups -OCH3 is 1. The van der Waals surface area contributed by atoms with Gasteiger partial charge >= 0.3 is 0 Å². The van der Waals surface area contributed by atoms with Crippen molar-refractivity contribution in [2.24, 2.45) is 0 Å². The normalized spacial score (nSPS) is 11.1. The molecular weight excluding hydrogens is 559 g/mol. The molecule has 0 aliphatic carbocycles. The van der Waals surface area contributed by atoms with Crippen LogP contribution in [-0.4, -0.2) is 26.4 Å². The lowest BCUT2D eigenvalue weighted by Crippen LogP contribution is -2.12. The predicted molar refractivity (Wildman–Crippen MR) is 139 cm³/mol. The first-order valence-corrected chi connectivity index (χ1v) is 13.0. The summed E-state index contributed by atoms with van der Waals surface area (Å²) in [4.78, 5) is 23.0. The minimum atomic E-state index is -3.93. The Labute approximate surface area is 226 Å². The second-order valence-electron chi connectivity index (χ2n) is 7.74. The van der Waals surface area contributed by atoms with Crippen molar-refractivity contribution in [1.82, 2.24) is 0 Å². The van der Waals surface area contributed by atoms with Crippen molar-refractivity contribution in [2.45, 2.75) is 16.4 Å². The summed E-state index contributed by atoms with van der Waals surface area (Å²) in [5.74, 6) is -0.0217. The van der Waals surface area contributed by atoms with E-state index in [0.29, 0.717) is 5.02 Å². The largest absolute Gasteiger partial charge is 0.497 e. The van der Waals surface area contributed by atoms with Crippen molar-refractivity contribution in [3.8, 4) is 11.5 Å².